The van der Waals surface area contributed by atoms with Crippen molar-refractivity contribution in [1.82, 2.24) is 9.80 Å². The van der Waals surface area contributed by atoms with E-state index >= 15 is 0 Å². The molecule has 1 aliphatic heterocycles. The molecule has 1 saturated heterocycles. The first kappa shape index (κ1) is 20.5. The summed E-state index contributed by atoms with van der Waals surface area (Å²) in [5.74, 6) is 0.695. The van der Waals surface area contributed by atoms with Gasteiger partial charge in [0, 0.05) is 37.6 Å². The maximum Gasteiger partial charge on any atom is 0.320 e. The Hall–Kier alpha value is -1.79. The summed E-state index contributed by atoms with van der Waals surface area (Å²) in [5.41, 5.74) is 0. The molecular formula is C19H27ClN2O4. The fraction of sp³-hybridized carbons (Fsp3) is 0.579. The van der Waals surface area contributed by atoms with Gasteiger partial charge in [-0.05, 0) is 44.0 Å². The molecule has 0 aliphatic carbocycles. The summed E-state index contributed by atoms with van der Waals surface area (Å²) in [6.07, 6.45) is 2.00. The molecular weight excluding hydrogens is 356 g/mol. The van der Waals surface area contributed by atoms with Crippen molar-refractivity contribution in [3.05, 3.63) is 29.3 Å². The summed E-state index contributed by atoms with van der Waals surface area (Å²) in [4.78, 5) is 27.9. The Labute approximate surface area is 160 Å². The third-order valence-corrected chi connectivity index (χ3v) is 4.47. The van der Waals surface area contributed by atoms with Crippen LogP contribution in [0.25, 0.3) is 0 Å². The zero-order valence-electron chi connectivity index (χ0n) is 15.3. The van der Waals surface area contributed by atoms with E-state index in [9.17, 15) is 9.59 Å². The molecule has 1 aromatic rings. The van der Waals surface area contributed by atoms with E-state index in [0.717, 1.165) is 25.3 Å². The number of ether oxygens (including phenoxy) is 2. The molecule has 0 aromatic heterocycles. The molecule has 2 rings (SSSR count). The number of amides is 1. The zero-order chi connectivity index (χ0) is 18.8. The fourth-order valence-corrected chi connectivity index (χ4v) is 3.00. The second-order valence-electron chi connectivity index (χ2n) is 6.22. The number of rotatable bonds is 8. The van der Waals surface area contributed by atoms with Crippen molar-refractivity contribution in [1.29, 1.82) is 0 Å². The Morgan fingerprint density at radius 1 is 1.12 bits per heavy atom. The van der Waals surface area contributed by atoms with Crippen LogP contribution in [0.5, 0.6) is 5.75 Å². The number of hydrogen-bond acceptors (Lipinski definition) is 5. The molecule has 26 heavy (non-hydrogen) atoms. The quantitative estimate of drug-likeness (QED) is 0.511. The van der Waals surface area contributed by atoms with Crippen LogP contribution in [0, 0.1) is 0 Å². The average Bonchev–Trinajstić information content (AvgIpc) is 2.86. The van der Waals surface area contributed by atoms with Crippen molar-refractivity contribution in [3.8, 4) is 5.75 Å². The lowest BCUT2D eigenvalue weighted by molar-refractivity contribution is -0.144. The van der Waals surface area contributed by atoms with Gasteiger partial charge >= 0.3 is 5.97 Å². The molecule has 7 heteroatoms. The minimum Gasteiger partial charge on any atom is -0.494 e. The second kappa shape index (κ2) is 11.0. The number of esters is 1. The van der Waals surface area contributed by atoms with E-state index in [2.05, 4.69) is 4.90 Å². The Morgan fingerprint density at radius 2 is 1.88 bits per heavy atom. The molecule has 1 fully saturated rings. The van der Waals surface area contributed by atoms with Gasteiger partial charge in [-0.15, -0.1) is 0 Å². The van der Waals surface area contributed by atoms with Gasteiger partial charge in [-0.1, -0.05) is 11.6 Å². The fourth-order valence-electron chi connectivity index (χ4n) is 2.87. The van der Waals surface area contributed by atoms with Crippen LogP contribution in [0.4, 0.5) is 0 Å². The van der Waals surface area contributed by atoms with Gasteiger partial charge in [0.15, 0.2) is 0 Å². The van der Waals surface area contributed by atoms with Gasteiger partial charge < -0.3 is 14.4 Å². The highest BCUT2D eigenvalue weighted by Gasteiger charge is 2.20. The SMILES string of the molecule is CCOC(=O)CN1CCCN(C(=O)CCCOc2ccc(Cl)cc2)CC1. The molecule has 0 bridgehead atoms. The predicted molar refractivity (Wildman–Crippen MR) is 100 cm³/mol. The normalized spacial score (nSPS) is 15.4. The first-order valence-corrected chi connectivity index (χ1v) is 9.50. The zero-order valence-corrected chi connectivity index (χ0v) is 16.0. The second-order valence-corrected chi connectivity index (χ2v) is 6.66. The number of nitrogens with zero attached hydrogens (tertiary/aromatic N) is 2. The van der Waals surface area contributed by atoms with E-state index in [1.165, 1.54) is 0 Å². The van der Waals surface area contributed by atoms with Crippen LogP contribution < -0.4 is 4.74 Å². The molecule has 1 amide bonds. The Balaban J connectivity index is 1.66. The first-order chi connectivity index (χ1) is 12.6. The van der Waals surface area contributed by atoms with E-state index in [0.29, 0.717) is 50.7 Å². The predicted octanol–water partition coefficient (Wildman–Crippen LogP) is 2.60. The summed E-state index contributed by atoms with van der Waals surface area (Å²) >= 11 is 5.83. The van der Waals surface area contributed by atoms with Gasteiger partial charge in [-0.25, -0.2) is 0 Å². The van der Waals surface area contributed by atoms with Crippen molar-refractivity contribution < 1.29 is 19.1 Å². The van der Waals surface area contributed by atoms with Gasteiger partial charge in [0.05, 0.1) is 19.8 Å². The van der Waals surface area contributed by atoms with Crippen LogP contribution in [0.1, 0.15) is 26.2 Å². The molecule has 0 radical (unpaired) electrons. The van der Waals surface area contributed by atoms with Gasteiger partial charge in [0.2, 0.25) is 5.91 Å². The summed E-state index contributed by atoms with van der Waals surface area (Å²) in [6, 6.07) is 7.19. The molecule has 0 atom stereocenters. The number of carbonyl (C=O) groups excluding carboxylic acids is 2. The highest BCUT2D eigenvalue weighted by Crippen LogP contribution is 2.16. The van der Waals surface area contributed by atoms with E-state index < -0.39 is 0 Å². The highest BCUT2D eigenvalue weighted by molar-refractivity contribution is 6.30. The molecule has 0 N–H and O–H groups in total. The molecule has 0 unspecified atom stereocenters. The van der Waals surface area contributed by atoms with E-state index in [4.69, 9.17) is 21.1 Å². The van der Waals surface area contributed by atoms with Crippen LogP contribution in [0.2, 0.25) is 5.02 Å². The lowest BCUT2D eigenvalue weighted by atomic mass is 10.2. The van der Waals surface area contributed by atoms with Gasteiger partial charge in [0.1, 0.15) is 5.75 Å². The Kier molecular flexibility index (Phi) is 8.71. The van der Waals surface area contributed by atoms with Gasteiger partial charge in [-0.2, -0.15) is 0 Å². The number of halogens is 1. The Morgan fingerprint density at radius 3 is 2.62 bits per heavy atom. The van der Waals surface area contributed by atoms with Crippen molar-refractivity contribution in [2.24, 2.45) is 0 Å². The summed E-state index contributed by atoms with van der Waals surface area (Å²) in [6.45, 7) is 5.88. The number of hydrogen-bond donors (Lipinski definition) is 0. The van der Waals surface area contributed by atoms with E-state index in [1.807, 2.05) is 17.0 Å². The van der Waals surface area contributed by atoms with Crippen molar-refractivity contribution in [3.63, 3.8) is 0 Å². The van der Waals surface area contributed by atoms with Crippen LogP contribution in [0.15, 0.2) is 24.3 Å². The topological polar surface area (TPSA) is 59.1 Å². The summed E-state index contributed by atoms with van der Waals surface area (Å²) in [5, 5.41) is 0.672. The van der Waals surface area contributed by atoms with Crippen LogP contribution in [-0.2, 0) is 14.3 Å². The van der Waals surface area contributed by atoms with Crippen LogP contribution >= 0.6 is 11.6 Å². The van der Waals surface area contributed by atoms with Crippen molar-refractivity contribution in [2.45, 2.75) is 26.2 Å². The monoisotopic (exact) mass is 382 g/mol. The Bertz CT molecular complexity index is 579. The average molecular weight is 383 g/mol. The smallest absolute Gasteiger partial charge is 0.320 e. The minimum atomic E-state index is -0.202. The van der Waals surface area contributed by atoms with E-state index in [1.54, 1.807) is 19.1 Å². The lowest BCUT2D eigenvalue weighted by Crippen LogP contribution is -2.37. The van der Waals surface area contributed by atoms with Crippen LogP contribution in [-0.4, -0.2) is 67.6 Å². The standard InChI is InChI=1S/C19H27ClN2O4/c1-2-25-19(24)15-21-10-4-11-22(13-12-21)18(23)5-3-14-26-17-8-6-16(20)7-9-17/h6-9H,2-5,10-15H2,1H3. The molecule has 144 valence electrons. The molecule has 0 spiro atoms. The maximum absolute atomic E-state index is 12.4. The maximum atomic E-state index is 12.4. The summed E-state index contributed by atoms with van der Waals surface area (Å²) in [7, 11) is 0. The molecule has 1 heterocycles. The number of carbonyl (C=O) groups is 2. The first-order valence-electron chi connectivity index (χ1n) is 9.12. The van der Waals surface area contributed by atoms with Crippen molar-refractivity contribution in [2.75, 3.05) is 45.9 Å². The summed E-state index contributed by atoms with van der Waals surface area (Å²) < 4.78 is 10.6. The molecule has 0 saturated carbocycles. The van der Waals surface area contributed by atoms with Crippen molar-refractivity contribution >= 4 is 23.5 Å². The minimum absolute atomic E-state index is 0.141. The van der Waals surface area contributed by atoms with Gasteiger partial charge in [0.25, 0.3) is 0 Å². The third kappa shape index (κ3) is 7.22. The lowest BCUT2D eigenvalue weighted by Gasteiger charge is -2.21. The van der Waals surface area contributed by atoms with Crippen LogP contribution in [0.3, 0.4) is 0 Å². The molecule has 6 nitrogen and oxygen atoms in total. The van der Waals surface area contributed by atoms with E-state index in [-0.39, 0.29) is 11.9 Å². The highest BCUT2D eigenvalue weighted by atomic mass is 35.5. The molecule has 1 aromatic carbocycles. The van der Waals surface area contributed by atoms with Gasteiger partial charge in [-0.3, -0.25) is 14.5 Å². The third-order valence-electron chi connectivity index (χ3n) is 4.22. The number of benzene rings is 1. The largest absolute Gasteiger partial charge is 0.494 e. The molecule has 1 aliphatic rings.